The van der Waals surface area contributed by atoms with E-state index in [4.69, 9.17) is 9.47 Å². The van der Waals surface area contributed by atoms with E-state index >= 15 is 0 Å². The van der Waals surface area contributed by atoms with Crippen molar-refractivity contribution in [3.05, 3.63) is 58.1 Å². The van der Waals surface area contributed by atoms with Crippen LogP contribution in [-0.2, 0) is 11.2 Å². The van der Waals surface area contributed by atoms with Gasteiger partial charge in [0.15, 0.2) is 0 Å². The van der Waals surface area contributed by atoms with Crippen LogP contribution < -0.4 is 4.74 Å². The maximum atomic E-state index is 9.61. The molecule has 0 aromatic heterocycles. The van der Waals surface area contributed by atoms with Gasteiger partial charge in [-0.2, -0.15) is 0 Å². The number of aliphatic hydroxyl groups excluding tert-OH is 1. The molecule has 3 nitrogen and oxygen atoms in total. The molecule has 0 saturated carbocycles. The molecule has 2 aromatic carbocycles. The lowest BCUT2D eigenvalue weighted by atomic mass is 10.1. The third-order valence-corrected chi connectivity index (χ3v) is 3.86. The zero-order valence-electron chi connectivity index (χ0n) is 12.2. The molecule has 0 heterocycles. The summed E-state index contributed by atoms with van der Waals surface area (Å²) in [5, 5.41) is 9.61. The Bertz CT molecular complexity index is 579. The minimum atomic E-state index is -0.506. The molecule has 0 fully saturated rings. The summed E-state index contributed by atoms with van der Waals surface area (Å²) in [5.41, 5.74) is 2.06. The van der Waals surface area contributed by atoms with E-state index in [1.807, 2.05) is 42.5 Å². The topological polar surface area (TPSA) is 38.7 Å². The maximum Gasteiger partial charge on any atom is 0.128 e. The van der Waals surface area contributed by atoms with Gasteiger partial charge in [-0.05, 0) is 48.7 Å². The van der Waals surface area contributed by atoms with Crippen molar-refractivity contribution in [1.82, 2.24) is 0 Å². The maximum absolute atomic E-state index is 9.61. The van der Waals surface area contributed by atoms with Gasteiger partial charge in [-0.25, -0.2) is 0 Å². The van der Waals surface area contributed by atoms with E-state index < -0.39 is 6.10 Å². The molecular weight excluding hydrogens is 332 g/mol. The average molecular weight is 351 g/mol. The van der Waals surface area contributed by atoms with Gasteiger partial charge in [-0.15, -0.1) is 0 Å². The van der Waals surface area contributed by atoms with Gasteiger partial charge in [0, 0.05) is 11.6 Å². The van der Waals surface area contributed by atoms with Gasteiger partial charge < -0.3 is 14.6 Å². The second kappa shape index (κ2) is 7.59. The highest BCUT2D eigenvalue weighted by Crippen LogP contribution is 2.30. The minimum absolute atomic E-state index is 0.506. The molecule has 0 amide bonds. The van der Waals surface area contributed by atoms with E-state index in [0.29, 0.717) is 6.61 Å². The molecule has 0 saturated heterocycles. The lowest BCUT2D eigenvalue weighted by Crippen LogP contribution is -1.95. The van der Waals surface area contributed by atoms with Crippen molar-refractivity contribution in [3.63, 3.8) is 0 Å². The number of aliphatic hydroxyl groups is 1. The molecule has 1 atom stereocenters. The Balaban J connectivity index is 2.06. The zero-order chi connectivity index (χ0) is 15.2. The first kappa shape index (κ1) is 16.0. The van der Waals surface area contributed by atoms with Gasteiger partial charge >= 0.3 is 0 Å². The predicted molar refractivity (Wildman–Crippen MR) is 86.9 cm³/mol. The van der Waals surface area contributed by atoms with Crippen LogP contribution in [0.25, 0.3) is 0 Å². The van der Waals surface area contributed by atoms with Gasteiger partial charge in [0.1, 0.15) is 11.5 Å². The van der Waals surface area contributed by atoms with Gasteiger partial charge in [0.2, 0.25) is 0 Å². The standard InChI is InChI=1S/C17H19BrO3/c1-12(19)16-8-7-15(11-17(16)18)21-14-5-3-13(4-6-14)9-10-20-2/h3-8,11-12,19H,9-10H2,1-2H3/t12-/m1/s1. The summed E-state index contributed by atoms with van der Waals surface area (Å²) in [7, 11) is 1.70. The monoisotopic (exact) mass is 350 g/mol. The number of hydrogen-bond donors (Lipinski definition) is 1. The molecule has 2 aromatic rings. The number of methoxy groups -OCH3 is 1. The third-order valence-electron chi connectivity index (χ3n) is 3.18. The highest BCUT2D eigenvalue weighted by atomic mass is 79.9. The first-order chi connectivity index (χ1) is 10.1. The first-order valence-electron chi connectivity index (χ1n) is 6.83. The fraction of sp³-hybridized carbons (Fsp3) is 0.294. The van der Waals surface area contributed by atoms with Crippen LogP contribution in [0.5, 0.6) is 11.5 Å². The third kappa shape index (κ3) is 4.56. The molecule has 0 aliphatic carbocycles. The van der Waals surface area contributed by atoms with Gasteiger partial charge in [0.05, 0.1) is 12.7 Å². The molecule has 112 valence electrons. The molecule has 0 aliphatic rings. The summed E-state index contributed by atoms with van der Waals surface area (Å²) >= 11 is 3.45. The SMILES string of the molecule is COCCc1ccc(Oc2ccc([C@@H](C)O)c(Br)c2)cc1. The Morgan fingerprint density at radius 2 is 1.76 bits per heavy atom. The van der Waals surface area contributed by atoms with E-state index in [1.165, 1.54) is 5.56 Å². The number of ether oxygens (including phenoxy) is 2. The van der Waals surface area contributed by atoms with Crippen molar-refractivity contribution in [3.8, 4) is 11.5 Å². The summed E-state index contributed by atoms with van der Waals surface area (Å²) in [6.45, 7) is 2.45. The molecule has 0 spiro atoms. The van der Waals surface area contributed by atoms with E-state index in [-0.39, 0.29) is 0 Å². The lowest BCUT2D eigenvalue weighted by molar-refractivity contribution is 0.198. The Kier molecular flexibility index (Phi) is 5.79. The zero-order valence-corrected chi connectivity index (χ0v) is 13.8. The molecule has 1 N–H and O–H groups in total. The molecule has 0 unspecified atom stereocenters. The van der Waals surface area contributed by atoms with Gasteiger partial charge in [0.25, 0.3) is 0 Å². The molecular formula is C17H19BrO3. The number of hydrogen-bond acceptors (Lipinski definition) is 3. The summed E-state index contributed by atoms with van der Waals surface area (Å²) < 4.78 is 11.7. The van der Waals surface area contributed by atoms with Crippen molar-refractivity contribution in [1.29, 1.82) is 0 Å². The molecule has 4 heteroatoms. The largest absolute Gasteiger partial charge is 0.457 e. The van der Waals surface area contributed by atoms with Gasteiger partial charge in [-0.3, -0.25) is 0 Å². The van der Waals surface area contributed by atoms with E-state index in [9.17, 15) is 5.11 Å². The number of halogens is 1. The predicted octanol–water partition coefficient (Wildman–Crippen LogP) is 4.48. The highest BCUT2D eigenvalue weighted by molar-refractivity contribution is 9.10. The van der Waals surface area contributed by atoms with Gasteiger partial charge in [-0.1, -0.05) is 34.1 Å². The average Bonchev–Trinajstić information content (AvgIpc) is 2.46. The van der Waals surface area contributed by atoms with Crippen LogP contribution in [0.2, 0.25) is 0 Å². The number of rotatable bonds is 6. The van der Waals surface area contributed by atoms with Crippen LogP contribution in [0, 0.1) is 0 Å². The molecule has 0 radical (unpaired) electrons. The van der Waals surface area contributed by atoms with Crippen LogP contribution in [0.3, 0.4) is 0 Å². The summed E-state index contributed by atoms with van der Waals surface area (Å²) in [6, 6.07) is 13.5. The summed E-state index contributed by atoms with van der Waals surface area (Å²) in [6.07, 6.45) is 0.388. The second-order valence-electron chi connectivity index (χ2n) is 4.85. The van der Waals surface area contributed by atoms with Crippen LogP contribution in [-0.4, -0.2) is 18.8 Å². The normalized spacial score (nSPS) is 12.2. The van der Waals surface area contributed by atoms with Crippen molar-refractivity contribution in [2.24, 2.45) is 0 Å². The molecule has 0 bridgehead atoms. The Morgan fingerprint density at radius 3 is 2.33 bits per heavy atom. The fourth-order valence-corrected chi connectivity index (χ4v) is 2.68. The lowest BCUT2D eigenvalue weighted by Gasteiger charge is -2.11. The van der Waals surface area contributed by atoms with E-state index in [2.05, 4.69) is 15.9 Å². The smallest absolute Gasteiger partial charge is 0.128 e. The quantitative estimate of drug-likeness (QED) is 0.834. The summed E-state index contributed by atoms with van der Waals surface area (Å²) in [4.78, 5) is 0. The van der Waals surface area contributed by atoms with Crippen LogP contribution in [0.1, 0.15) is 24.2 Å². The Labute approximate surface area is 133 Å². The van der Waals surface area contributed by atoms with E-state index in [1.54, 1.807) is 14.0 Å². The first-order valence-corrected chi connectivity index (χ1v) is 7.62. The van der Waals surface area contributed by atoms with Crippen LogP contribution in [0.4, 0.5) is 0 Å². The van der Waals surface area contributed by atoms with Crippen molar-refractivity contribution >= 4 is 15.9 Å². The minimum Gasteiger partial charge on any atom is -0.457 e. The molecule has 2 rings (SSSR count). The van der Waals surface area contributed by atoms with Crippen LogP contribution in [0.15, 0.2) is 46.9 Å². The number of benzene rings is 2. The Morgan fingerprint density at radius 1 is 1.10 bits per heavy atom. The van der Waals surface area contributed by atoms with Crippen LogP contribution >= 0.6 is 15.9 Å². The summed E-state index contributed by atoms with van der Waals surface area (Å²) in [5.74, 6) is 1.52. The molecule has 21 heavy (non-hydrogen) atoms. The van der Waals surface area contributed by atoms with Crippen molar-refractivity contribution < 1.29 is 14.6 Å². The van der Waals surface area contributed by atoms with E-state index in [0.717, 1.165) is 28.0 Å². The Hall–Kier alpha value is -1.36. The van der Waals surface area contributed by atoms with Crippen molar-refractivity contribution in [2.75, 3.05) is 13.7 Å². The fourth-order valence-electron chi connectivity index (χ4n) is 1.99. The second-order valence-corrected chi connectivity index (χ2v) is 5.70. The molecule has 0 aliphatic heterocycles. The van der Waals surface area contributed by atoms with Crippen molar-refractivity contribution in [2.45, 2.75) is 19.4 Å². The highest BCUT2D eigenvalue weighted by Gasteiger charge is 2.07.